The first-order valence-corrected chi connectivity index (χ1v) is 51.8. The van der Waals surface area contributed by atoms with E-state index in [1.54, 1.807) is 0 Å². The van der Waals surface area contributed by atoms with Crippen LogP contribution in [0.1, 0.15) is 387 Å². The summed E-state index contributed by atoms with van der Waals surface area (Å²) in [5.74, 6) is 6.79. The molecule has 6 aliphatic rings. The highest BCUT2D eigenvalue weighted by atomic mass is 15.4. The third-order valence-corrected chi connectivity index (χ3v) is 27.8. The third-order valence-electron chi connectivity index (χ3n) is 27.8. The van der Waals surface area contributed by atoms with Crippen LogP contribution in [-0.4, -0.2) is 262 Å². The predicted octanol–water partition coefficient (Wildman–Crippen LogP) is 17.5. The van der Waals surface area contributed by atoms with Crippen molar-refractivity contribution in [2.75, 3.05) is 150 Å². The highest BCUT2D eigenvalue weighted by molar-refractivity contribution is 5.51. The van der Waals surface area contributed by atoms with Crippen molar-refractivity contribution < 1.29 is 0 Å². The van der Waals surface area contributed by atoms with Crippen LogP contribution in [0.2, 0.25) is 0 Å². The zero-order valence-electron chi connectivity index (χ0n) is 87.8. The molecule has 0 saturated carbocycles. The van der Waals surface area contributed by atoms with Crippen molar-refractivity contribution >= 4 is 53.5 Å². The number of nitrogens with one attached hydrogen (secondary N) is 9. The Bertz CT molecular complexity index is 3360. The molecule has 9 rings (SSSR count). The number of nitrogens with two attached hydrogens (primary N) is 1. The van der Waals surface area contributed by atoms with Crippen LogP contribution >= 0.6 is 0 Å². The van der Waals surface area contributed by atoms with Gasteiger partial charge in [-0.3, -0.25) is 0 Å². The molecule has 6 saturated heterocycles. The number of unbranched alkanes of at least 4 members (excludes halogenated alkanes) is 6. The molecule has 27 nitrogen and oxygen atoms in total. The van der Waals surface area contributed by atoms with E-state index in [9.17, 15) is 0 Å². The molecule has 734 valence electrons. The summed E-state index contributed by atoms with van der Waals surface area (Å²) in [4.78, 5) is 71.1. The Balaban J connectivity index is 1.05. The Morgan fingerprint density at radius 3 is 0.531 bits per heavy atom. The second-order valence-electron chi connectivity index (χ2n) is 48.5. The lowest BCUT2D eigenvalue weighted by atomic mass is 9.79. The van der Waals surface area contributed by atoms with E-state index in [1.165, 1.54) is 0 Å². The summed E-state index contributed by atoms with van der Waals surface area (Å²) < 4.78 is 0. The third kappa shape index (κ3) is 33.2. The minimum atomic E-state index is -0.0616. The zero-order valence-corrected chi connectivity index (χ0v) is 87.8. The molecule has 0 atom stereocenters. The van der Waals surface area contributed by atoms with Crippen molar-refractivity contribution in [3.05, 3.63) is 0 Å². The number of aromatic nitrogens is 9. The van der Waals surface area contributed by atoms with Gasteiger partial charge in [0.1, 0.15) is 0 Å². The van der Waals surface area contributed by atoms with Gasteiger partial charge in [0, 0.05) is 175 Å². The molecule has 0 amide bonds. The fraction of sp³-hybridized carbons (Fsp3) is 0.911. The topological polar surface area (TPSA) is 276 Å². The number of anilines is 9. The molecule has 3 aromatic heterocycles. The Labute approximate surface area is 781 Å². The summed E-state index contributed by atoms with van der Waals surface area (Å²) in [6.45, 7) is 84.1. The number of hydrogen-bond donors (Lipinski definition) is 10. The fourth-order valence-electron chi connectivity index (χ4n) is 24.4. The van der Waals surface area contributed by atoms with Crippen LogP contribution in [0.25, 0.3) is 0 Å². The van der Waals surface area contributed by atoms with Gasteiger partial charge in [-0.05, 0) is 340 Å². The molecule has 3 aromatic rings. The molecule has 0 spiro atoms. The van der Waals surface area contributed by atoms with Crippen molar-refractivity contribution in [3.8, 4) is 0 Å². The average molecular weight is 1790 g/mol. The molecular weight excluding hydrogens is 1590 g/mol. The monoisotopic (exact) mass is 1790 g/mol. The van der Waals surface area contributed by atoms with Gasteiger partial charge in [0.25, 0.3) is 0 Å². The number of piperidine rings is 6. The van der Waals surface area contributed by atoms with Crippen molar-refractivity contribution in [3.63, 3.8) is 0 Å². The molecule has 9 heterocycles. The second-order valence-corrected chi connectivity index (χ2v) is 48.5. The predicted molar refractivity (Wildman–Crippen MR) is 545 cm³/mol. The maximum Gasteiger partial charge on any atom is 0.232 e. The number of rotatable bonds is 51. The molecule has 0 radical (unpaired) electrons. The Morgan fingerprint density at radius 2 is 0.383 bits per heavy atom. The first-order valence-electron chi connectivity index (χ1n) is 51.8. The van der Waals surface area contributed by atoms with E-state index < -0.39 is 0 Å². The molecule has 0 aromatic carbocycles. The van der Waals surface area contributed by atoms with E-state index in [1.807, 2.05) is 0 Å². The maximum absolute atomic E-state index is 6.50. The molecule has 0 bridgehead atoms. The maximum atomic E-state index is 6.50. The molecule has 6 aliphatic heterocycles. The Morgan fingerprint density at radius 1 is 0.227 bits per heavy atom. The minimum absolute atomic E-state index is 0.0526. The van der Waals surface area contributed by atoms with E-state index in [-0.39, 0.29) is 103 Å². The molecule has 128 heavy (non-hydrogen) atoms. The lowest BCUT2D eigenvalue weighted by molar-refractivity contribution is 0.156. The second kappa shape index (κ2) is 45.5. The highest BCUT2D eigenvalue weighted by Crippen LogP contribution is 2.43. The SMILES string of the molecule is CCCCN(c1nc(NCCCN(CCCN)CCN(CCCNc2nc(N(CCCC)C3CC(C)(C)NC(C)(C)C3)nc(N(CCCC)C3CC(C)(C)NC(C)(C)C3)n2)CCCNc2nc(N(CCCC)C3CC(C)(C)NC(C)(C)C3)nc(N(CCCC)C3CC(C)(C)NC(C)(C)C3)n2)nc(N(CCCC)C2CC(C)(C)NC(C)(C)C2)n1)C1CC(C)(C)NC(C)(C)C1. The first-order chi connectivity index (χ1) is 59.8. The molecule has 27 heteroatoms. The molecule has 0 unspecified atom stereocenters. The summed E-state index contributed by atoms with van der Waals surface area (Å²) >= 11 is 0. The van der Waals surface area contributed by atoms with Crippen LogP contribution in [0.4, 0.5) is 53.5 Å². The summed E-state index contributed by atoms with van der Waals surface area (Å²) in [6, 6.07) is 1.52. The summed E-state index contributed by atoms with van der Waals surface area (Å²) in [6.07, 6.45) is 28.5. The summed E-state index contributed by atoms with van der Waals surface area (Å²) in [5, 5.41) is 35.7. The van der Waals surface area contributed by atoms with Gasteiger partial charge >= 0.3 is 0 Å². The van der Waals surface area contributed by atoms with E-state index in [2.05, 4.69) is 295 Å². The van der Waals surface area contributed by atoms with Gasteiger partial charge in [0.2, 0.25) is 53.5 Å². The van der Waals surface area contributed by atoms with Gasteiger partial charge in [-0.2, -0.15) is 44.9 Å². The van der Waals surface area contributed by atoms with E-state index in [0.29, 0.717) is 37.5 Å². The number of hydrogen-bond acceptors (Lipinski definition) is 27. The quantitative estimate of drug-likeness (QED) is 0.0235. The van der Waals surface area contributed by atoms with E-state index in [4.69, 9.17) is 50.6 Å². The first kappa shape index (κ1) is 107. The molecule has 0 aliphatic carbocycles. The summed E-state index contributed by atoms with van der Waals surface area (Å²) in [7, 11) is 0. The van der Waals surface area contributed by atoms with Gasteiger partial charge in [-0.1, -0.05) is 80.1 Å². The standard InChI is InChI=1S/C101H195N27/c1-31-37-55-123(75-63-90(7,8)115-91(9,10)64-75)84-106-81(107-85(112-84)124(56-38-32-2)76-65-92(11,12)116-93(13,14)66-76)103-48-44-52-121(51-43-47-102)61-62-122(53-45-49-104-82-108-86(125(57-39-33-3)77-67-94(15,16)117-95(17,18)68-77)113-87(109-82)126(58-40-34-4)78-69-96(19,20)118-97(21,22)70-78)54-46-50-105-83-110-88(127(59-41-35-5)79-71-98(23,24)119-99(25,26)72-79)114-89(111-83)128(60-42-36-6)80-73-100(27,28)120-101(29,30)74-80/h75-80,115-120H,31-74,102H2,1-30H3,(H,103,106,107,112)(H,104,108,109,113)(H,105,110,111,114). The van der Waals surface area contributed by atoms with Gasteiger partial charge in [0.15, 0.2) is 0 Å². The minimum Gasteiger partial charge on any atom is -0.354 e. The lowest BCUT2D eigenvalue weighted by Gasteiger charge is -2.50. The van der Waals surface area contributed by atoms with Gasteiger partial charge in [0.05, 0.1) is 0 Å². The van der Waals surface area contributed by atoms with Gasteiger partial charge in [-0.25, -0.2) is 0 Å². The zero-order chi connectivity index (χ0) is 94.1. The highest BCUT2D eigenvalue weighted by Gasteiger charge is 2.49. The van der Waals surface area contributed by atoms with Crippen LogP contribution < -0.4 is 83.0 Å². The van der Waals surface area contributed by atoms with Gasteiger partial charge < -0.3 is 92.8 Å². The van der Waals surface area contributed by atoms with Crippen LogP contribution in [0, 0.1) is 0 Å². The smallest absolute Gasteiger partial charge is 0.232 e. The van der Waals surface area contributed by atoms with Crippen LogP contribution in [0.15, 0.2) is 0 Å². The molecule has 11 N–H and O–H groups in total. The van der Waals surface area contributed by atoms with Gasteiger partial charge in [-0.15, -0.1) is 0 Å². The van der Waals surface area contributed by atoms with E-state index in [0.717, 1.165) is 301 Å². The van der Waals surface area contributed by atoms with Crippen molar-refractivity contribution in [2.24, 2.45) is 5.73 Å². The fourth-order valence-corrected chi connectivity index (χ4v) is 24.4. The molecular formula is C101H195N27. The van der Waals surface area contributed by atoms with Crippen molar-refractivity contribution in [1.82, 2.24) is 86.6 Å². The van der Waals surface area contributed by atoms with Crippen LogP contribution in [-0.2, 0) is 0 Å². The van der Waals surface area contributed by atoms with Crippen molar-refractivity contribution in [1.29, 1.82) is 0 Å². The average Bonchev–Trinajstić information content (AvgIpc) is 0.784. The number of nitrogens with zero attached hydrogens (tertiary/aromatic N) is 17. The van der Waals surface area contributed by atoms with E-state index >= 15 is 0 Å². The normalized spacial score (nSPS) is 21.9. The van der Waals surface area contributed by atoms with Crippen LogP contribution in [0.5, 0.6) is 0 Å². The van der Waals surface area contributed by atoms with Crippen LogP contribution in [0.3, 0.4) is 0 Å². The largest absolute Gasteiger partial charge is 0.354 e. The Kier molecular flexibility index (Phi) is 37.9. The molecule has 6 fully saturated rings. The lowest BCUT2D eigenvalue weighted by Crippen LogP contribution is -2.63. The summed E-state index contributed by atoms with van der Waals surface area (Å²) in [5.41, 5.74) is 5.80. The van der Waals surface area contributed by atoms with Crippen molar-refractivity contribution in [2.45, 2.75) is 490 Å². The Hall–Kier alpha value is -5.13.